The quantitative estimate of drug-likeness (QED) is 0.623. The van der Waals surface area contributed by atoms with Gasteiger partial charge in [0.15, 0.2) is 0 Å². The fourth-order valence-electron chi connectivity index (χ4n) is 2.25. The summed E-state index contributed by atoms with van der Waals surface area (Å²) in [6.45, 7) is 0. The monoisotopic (exact) mass is 250 g/mol. The molecule has 0 amide bonds. The highest BCUT2D eigenvalue weighted by atomic mass is 16.1. The number of hydrogen-bond acceptors (Lipinski definition) is 4. The lowest BCUT2D eigenvalue weighted by Gasteiger charge is -2.16. The number of nitrogens with one attached hydrogen (secondary N) is 1. The summed E-state index contributed by atoms with van der Waals surface area (Å²) in [7, 11) is 0. The van der Waals surface area contributed by atoms with Crippen molar-refractivity contribution in [2.75, 3.05) is 0 Å². The number of carbonyl (C=O) groups excluding carboxylic acids is 2. The van der Waals surface area contributed by atoms with Crippen molar-refractivity contribution in [3.05, 3.63) is 53.6 Å². The average Bonchev–Trinajstić information content (AvgIpc) is 2.43. The van der Waals surface area contributed by atoms with E-state index in [9.17, 15) is 4.79 Å². The Balaban J connectivity index is 0.000000408. The second-order valence-corrected chi connectivity index (χ2v) is 3.92. The van der Waals surface area contributed by atoms with Gasteiger partial charge in [-0.25, -0.2) is 15.0 Å². The van der Waals surface area contributed by atoms with Crippen LogP contribution in [0.5, 0.6) is 0 Å². The van der Waals surface area contributed by atoms with Crippen LogP contribution in [0.4, 0.5) is 0 Å². The Morgan fingerprint density at radius 1 is 1.11 bits per heavy atom. The lowest BCUT2D eigenvalue weighted by atomic mass is 9.90. The minimum Gasteiger partial charge on any atom is -0.222 e. The Kier molecular flexibility index (Phi) is 3.79. The number of isocyanates is 2. The smallest absolute Gasteiger partial charge is 0.222 e. The first-order valence-electron chi connectivity index (χ1n) is 5.62. The molecule has 1 unspecified atom stereocenters. The molecule has 4 heteroatoms. The van der Waals surface area contributed by atoms with Crippen LogP contribution in [0.2, 0.25) is 0 Å². The summed E-state index contributed by atoms with van der Waals surface area (Å²) in [4.78, 5) is 22.5. The highest BCUT2D eigenvalue weighted by molar-refractivity contribution is 5.95. The third-order valence-corrected chi connectivity index (χ3v) is 2.94. The summed E-state index contributed by atoms with van der Waals surface area (Å²) in [6, 6.07) is 12.1. The van der Waals surface area contributed by atoms with E-state index in [0.29, 0.717) is 0 Å². The molecule has 0 heterocycles. The molecule has 1 N–H and O–H groups in total. The van der Waals surface area contributed by atoms with E-state index in [1.54, 1.807) is 6.08 Å². The van der Waals surface area contributed by atoms with E-state index in [0.717, 1.165) is 11.6 Å². The van der Waals surface area contributed by atoms with Gasteiger partial charge in [-0.1, -0.05) is 48.6 Å². The lowest BCUT2D eigenvalue weighted by Crippen LogP contribution is -1.98. The molecule has 1 aliphatic carbocycles. The van der Waals surface area contributed by atoms with E-state index in [4.69, 9.17) is 10.2 Å². The summed E-state index contributed by atoms with van der Waals surface area (Å²) in [5, 5.41) is 7.78. The molecule has 0 fully saturated rings. The van der Waals surface area contributed by atoms with Crippen molar-refractivity contribution in [1.29, 1.82) is 5.41 Å². The predicted molar refractivity (Wildman–Crippen MR) is 72.3 cm³/mol. The minimum absolute atomic E-state index is 0.184. The van der Waals surface area contributed by atoms with Crippen LogP contribution in [0.25, 0.3) is 16.8 Å². The maximum Gasteiger partial charge on any atom is 0.235 e. The Hall–Kier alpha value is -2.80. The van der Waals surface area contributed by atoms with Gasteiger partial charge in [-0.2, -0.15) is 4.99 Å². The molecule has 0 bridgehead atoms. The number of nitrogens with zero attached hydrogens (tertiary/aromatic N) is 1. The summed E-state index contributed by atoms with van der Waals surface area (Å²) >= 11 is 0. The van der Waals surface area contributed by atoms with Gasteiger partial charge in [-0.15, -0.1) is 0 Å². The molecular weight excluding hydrogens is 240 g/mol. The molecule has 4 nitrogen and oxygen atoms in total. The molecule has 0 saturated heterocycles. The van der Waals surface area contributed by atoms with Gasteiger partial charge in [-0.05, 0) is 21.9 Å². The van der Waals surface area contributed by atoms with Crippen molar-refractivity contribution in [2.45, 2.75) is 6.04 Å². The van der Waals surface area contributed by atoms with E-state index in [-0.39, 0.29) is 6.04 Å². The molecule has 0 radical (unpaired) electrons. The van der Waals surface area contributed by atoms with E-state index in [1.807, 2.05) is 30.4 Å². The van der Waals surface area contributed by atoms with Crippen molar-refractivity contribution in [3.63, 3.8) is 0 Å². The topological polar surface area (TPSA) is 70.3 Å². The van der Waals surface area contributed by atoms with Crippen LogP contribution in [-0.4, -0.2) is 12.2 Å². The van der Waals surface area contributed by atoms with Crippen LogP contribution in [0.15, 0.2) is 47.5 Å². The van der Waals surface area contributed by atoms with E-state index in [2.05, 4.69) is 23.2 Å². The molecule has 0 saturated carbocycles. The van der Waals surface area contributed by atoms with Crippen molar-refractivity contribution in [2.24, 2.45) is 4.99 Å². The van der Waals surface area contributed by atoms with Gasteiger partial charge in [0.1, 0.15) is 6.04 Å². The summed E-state index contributed by atoms with van der Waals surface area (Å²) < 4.78 is 0. The molecule has 0 aromatic heterocycles. The Labute approximate surface area is 109 Å². The number of benzene rings is 2. The average molecular weight is 250 g/mol. The van der Waals surface area contributed by atoms with Crippen LogP contribution < -0.4 is 0 Å². The second kappa shape index (κ2) is 5.69. The molecule has 2 aromatic carbocycles. The zero-order valence-electron chi connectivity index (χ0n) is 9.96. The number of hydrogen-bond donors (Lipinski definition) is 1. The van der Waals surface area contributed by atoms with Crippen LogP contribution >= 0.6 is 0 Å². The highest BCUT2D eigenvalue weighted by Crippen LogP contribution is 2.34. The molecule has 0 aliphatic heterocycles. The fourth-order valence-corrected chi connectivity index (χ4v) is 2.25. The minimum atomic E-state index is -0.184. The standard InChI is InChI=1S/C14H9NO.CHNO/c16-9-15-13-8-7-11-4-1-3-10-5-2-6-12(13)14(10)11;2-1-3/h1-8,13H;2H. The number of aliphatic imine (C=N–C) groups is 1. The van der Waals surface area contributed by atoms with Gasteiger partial charge in [0, 0.05) is 0 Å². The Bertz CT molecular complexity index is 717. The SMILES string of the molecule is N=C=O.O=C=NC1C=Cc2cccc3cccc1c23. The number of rotatable bonds is 1. The van der Waals surface area contributed by atoms with Crippen LogP contribution in [0.3, 0.4) is 0 Å². The largest absolute Gasteiger partial charge is 0.235 e. The Morgan fingerprint density at radius 2 is 1.79 bits per heavy atom. The summed E-state index contributed by atoms with van der Waals surface area (Å²) in [5.41, 5.74) is 2.27. The molecule has 1 atom stereocenters. The summed E-state index contributed by atoms with van der Waals surface area (Å²) in [5.74, 6) is 0. The van der Waals surface area contributed by atoms with Crippen molar-refractivity contribution in [1.82, 2.24) is 0 Å². The van der Waals surface area contributed by atoms with E-state index >= 15 is 0 Å². The van der Waals surface area contributed by atoms with Gasteiger partial charge in [0.2, 0.25) is 12.2 Å². The maximum atomic E-state index is 10.4. The predicted octanol–water partition coefficient (Wildman–Crippen LogP) is 3.14. The van der Waals surface area contributed by atoms with Crippen LogP contribution in [0, 0.1) is 5.41 Å². The second-order valence-electron chi connectivity index (χ2n) is 3.92. The third kappa shape index (κ3) is 2.40. The van der Waals surface area contributed by atoms with E-state index in [1.165, 1.54) is 16.3 Å². The third-order valence-electron chi connectivity index (χ3n) is 2.94. The zero-order valence-corrected chi connectivity index (χ0v) is 9.96. The van der Waals surface area contributed by atoms with Gasteiger partial charge in [0.05, 0.1) is 0 Å². The van der Waals surface area contributed by atoms with Gasteiger partial charge >= 0.3 is 0 Å². The molecule has 0 spiro atoms. The Morgan fingerprint density at radius 3 is 2.47 bits per heavy atom. The van der Waals surface area contributed by atoms with Gasteiger partial charge < -0.3 is 0 Å². The fraction of sp³-hybridized carbons (Fsp3) is 0.0667. The van der Waals surface area contributed by atoms with E-state index < -0.39 is 0 Å². The van der Waals surface area contributed by atoms with Crippen LogP contribution in [0.1, 0.15) is 17.2 Å². The first-order valence-corrected chi connectivity index (χ1v) is 5.62. The van der Waals surface area contributed by atoms with Crippen molar-refractivity contribution in [3.8, 4) is 0 Å². The van der Waals surface area contributed by atoms with Gasteiger partial charge in [0.25, 0.3) is 0 Å². The lowest BCUT2D eigenvalue weighted by molar-refractivity contribution is 0.561. The highest BCUT2D eigenvalue weighted by Gasteiger charge is 2.15. The summed E-state index contributed by atoms with van der Waals surface area (Å²) in [6.07, 6.45) is 6.33. The van der Waals surface area contributed by atoms with Crippen molar-refractivity contribution >= 4 is 29.0 Å². The molecular formula is C15H10N2O2. The molecule has 1 aliphatic rings. The van der Waals surface area contributed by atoms with Crippen LogP contribution in [-0.2, 0) is 9.59 Å². The molecule has 19 heavy (non-hydrogen) atoms. The normalized spacial score (nSPS) is 14.8. The first-order chi connectivity index (χ1) is 9.31. The first kappa shape index (κ1) is 12.7. The molecule has 3 rings (SSSR count). The van der Waals surface area contributed by atoms with Gasteiger partial charge in [-0.3, -0.25) is 0 Å². The zero-order chi connectivity index (χ0) is 13.7. The molecule has 2 aromatic rings. The maximum absolute atomic E-state index is 10.4. The molecule has 92 valence electrons. The van der Waals surface area contributed by atoms with Crippen molar-refractivity contribution < 1.29 is 9.59 Å².